The predicted molar refractivity (Wildman–Crippen MR) is 114 cm³/mol. The van der Waals surface area contributed by atoms with Gasteiger partial charge in [0, 0.05) is 33.2 Å². The maximum atomic E-state index is 6.37. The average Bonchev–Trinajstić information content (AvgIpc) is 2.74. The van der Waals surface area contributed by atoms with E-state index in [9.17, 15) is 0 Å². The second-order valence-corrected chi connectivity index (χ2v) is 7.24. The van der Waals surface area contributed by atoms with E-state index in [-0.39, 0.29) is 0 Å². The first-order valence-corrected chi connectivity index (χ1v) is 9.60. The number of hydrogen-bond donors (Lipinski definition) is 0. The van der Waals surface area contributed by atoms with E-state index in [2.05, 4.69) is 25.9 Å². The zero-order valence-corrected chi connectivity index (χ0v) is 16.3. The molecule has 0 saturated heterocycles. The number of hydrogen-bond acceptors (Lipinski definition) is 4. The van der Waals surface area contributed by atoms with Gasteiger partial charge in [-0.05, 0) is 48.5 Å². The number of para-hydroxylation sites is 1. The molecule has 0 aliphatic carbocycles. The van der Waals surface area contributed by atoms with Gasteiger partial charge in [-0.2, -0.15) is 0 Å². The lowest BCUT2D eigenvalue weighted by atomic mass is 10.1. The van der Waals surface area contributed by atoms with Gasteiger partial charge in [0.25, 0.3) is 0 Å². The summed E-state index contributed by atoms with van der Waals surface area (Å²) in [6.07, 6.45) is 3.50. The van der Waals surface area contributed by atoms with Gasteiger partial charge < -0.3 is 4.74 Å². The molecule has 0 aliphatic rings. The van der Waals surface area contributed by atoms with E-state index in [4.69, 9.17) is 9.72 Å². The van der Waals surface area contributed by atoms with Crippen molar-refractivity contribution >= 4 is 37.9 Å². The smallest absolute Gasteiger partial charge is 0.160 e. The molecule has 0 atom stereocenters. The van der Waals surface area contributed by atoms with E-state index < -0.39 is 0 Å². The Morgan fingerprint density at radius 2 is 1.61 bits per heavy atom. The first kappa shape index (κ1) is 16.8. The van der Waals surface area contributed by atoms with Crippen molar-refractivity contribution in [1.82, 2.24) is 15.0 Å². The fraction of sp³-hybridized carbons (Fsp3) is 0. The van der Waals surface area contributed by atoms with Crippen molar-refractivity contribution in [2.45, 2.75) is 0 Å². The monoisotopic (exact) mass is 427 g/mol. The highest BCUT2D eigenvalue weighted by Crippen LogP contribution is 2.36. The number of ether oxygens (including phenoxy) is 1. The van der Waals surface area contributed by atoms with Crippen LogP contribution < -0.4 is 4.74 Å². The molecule has 5 rings (SSSR count). The number of rotatable bonds is 3. The largest absolute Gasteiger partial charge is 0.454 e. The Morgan fingerprint density at radius 3 is 2.50 bits per heavy atom. The molecule has 134 valence electrons. The van der Waals surface area contributed by atoms with Crippen molar-refractivity contribution in [2.75, 3.05) is 0 Å². The summed E-state index contributed by atoms with van der Waals surface area (Å²) in [4.78, 5) is 13.6. The number of benzene rings is 2. The van der Waals surface area contributed by atoms with Crippen molar-refractivity contribution in [3.8, 4) is 22.8 Å². The molecule has 0 amide bonds. The van der Waals surface area contributed by atoms with Gasteiger partial charge in [0.2, 0.25) is 0 Å². The lowest BCUT2D eigenvalue weighted by Crippen LogP contribution is -1.95. The average molecular weight is 428 g/mol. The van der Waals surface area contributed by atoms with E-state index in [1.54, 1.807) is 12.4 Å². The summed E-state index contributed by atoms with van der Waals surface area (Å²) in [5.41, 5.74) is 3.29. The first-order chi connectivity index (χ1) is 13.8. The molecule has 0 spiro atoms. The van der Waals surface area contributed by atoms with Crippen LogP contribution in [0.25, 0.3) is 33.2 Å². The van der Waals surface area contributed by atoms with Gasteiger partial charge >= 0.3 is 0 Å². The lowest BCUT2D eigenvalue weighted by Gasteiger charge is -2.13. The van der Waals surface area contributed by atoms with Crippen LogP contribution in [0.3, 0.4) is 0 Å². The Morgan fingerprint density at radius 1 is 0.750 bits per heavy atom. The lowest BCUT2D eigenvalue weighted by molar-refractivity contribution is 0.488. The summed E-state index contributed by atoms with van der Waals surface area (Å²) in [5, 5.41) is 1.88. The minimum Gasteiger partial charge on any atom is -0.454 e. The second kappa shape index (κ2) is 7.02. The third-order valence-electron chi connectivity index (χ3n) is 4.50. The van der Waals surface area contributed by atoms with Gasteiger partial charge in [-0.25, -0.2) is 9.97 Å². The van der Waals surface area contributed by atoms with Crippen molar-refractivity contribution < 1.29 is 4.74 Å². The van der Waals surface area contributed by atoms with E-state index in [0.29, 0.717) is 11.4 Å². The van der Waals surface area contributed by atoms with Crippen LogP contribution in [0.1, 0.15) is 0 Å². The number of aromatic nitrogens is 3. The quantitative estimate of drug-likeness (QED) is 0.334. The van der Waals surface area contributed by atoms with Crippen LogP contribution in [-0.2, 0) is 0 Å². The Labute approximate surface area is 170 Å². The van der Waals surface area contributed by atoms with Crippen molar-refractivity contribution in [3.63, 3.8) is 0 Å². The molecule has 28 heavy (non-hydrogen) atoms. The molecule has 3 aromatic heterocycles. The van der Waals surface area contributed by atoms with Crippen LogP contribution in [-0.4, -0.2) is 15.0 Å². The fourth-order valence-electron chi connectivity index (χ4n) is 3.16. The number of fused-ring (bicyclic) bond motifs is 2. The van der Waals surface area contributed by atoms with Gasteiger partial charge in [-0.15, -0.1) is 0 Å². The standard InChI is InChI=1S/C23H14BrN3O/c24-17-9-7-15(8-10-17)22-21(14-16-4-3-12-26-23(16)27-22)28-20-11-13-25-19-6-2-1-5-18(19)20/h1-14H. The SMILES string of the molecule is Brc1ccc(-c2nc3ncccc3cc2Oc2ccnc3ccccc23)cc1. The molecule has 0 fully saturated rings. The molecule has 0 aliphatic heterocycles. The zero-order valence-electron chi connectivity index (χ0n) is 14.7. The maximum Gasteiger partial charge on any atom is 0.160 e. The summed E-state index contributed by atoms with van der Waals surface area (Å²) in [6, 6.07) is 23.7. The predicted octanol–water partition coefficient (Wildman–Crippen LogP) is 6.40. The normalized spacial score (nSPS) is 11.0. The molecule has 5 aromatic rings. The Bertz CT molecular complexity index is 1300. The minimum absolute atomic E-state index is 0.680. The molecular weight excluding hydrogens is 414 g/mol. The van der Waals surface area contributed by atoms with Gasteiger partial charge in [-0.3, -0.25) is 4.98 Å². The summed E-state index contributed by atoms with van der Waals surface area (Å²) >= 11 is 3.49. The van der Waals surface area contributed by atoms with Crippen molar-refractivity contribution in [3.05, 3.63) is 89.7 Å². The molecule has 0 N–H and O–H groups in total. The molecule has 0 saturated carbocycles. The molecule has 2 aromatic carbocycles. The molecule has 0 bridgehead atoms. The van der Waals surface area contributed by atoms with Gasteiger partial charge in [0.05, 0.1) is 5.52 Å². The van der Waals surface area contributed by atoms with Gasteiger partial charge in [0.1, 0.15) is 11.4 Å². The van der Waals surface area contributed by atoms with E-state index >= 15 is 0 Å². The third-order valence-corrected chi connectivity index (χ3v) is 5.03. The number of pyridine rings is 3. The Kier molecular flexibility index (Phi) is 4.22. The van der Waals surface area contributed by atoms with Crippen LogP contribution in [0, 0.1) is 0 Å². The van der Waals surface area contributed by atoms with Crippen molar-refractivity contribution in [2.24, 2.45) is 0 Å². The van der Waals surface area contributed by atoms with E-state index in [1.165, 1.54) is 0 Å². The van der Waals surface area contributed by atoms with Gasteiger partial charge in [-0.1, -0.05) is 40.2 Å². The van der Waals surface area contributed by atoms with Crippen molar-refractivity contribution in [1.29, 1.82) is 0 Å². The molecule has 0 unspecified atom stereocenters. The fourth-order valence-corrected chi connectivity index (χ4v) is 3.42. The maximum absolute atomic E-state index is 6.37. The molecule has 4 nitrogen and oxygen atoms in total. The summed E-state index contributed by atoms with van der Waals surface area (Å²) in [5.74, 6) is 1.42. The minimum atomic E-state index is 0.680. The first-order valence-electron chi connectivity index (χ1n) is 8.81. The highest BCUT2D eigenvalue weighted by atomic mass is 79.9. The Balaban J connectivity index is 1.70. The highest BCUT2D eigenvalue weighted by molar-refractivity contribution is 9.10. The van der Waals surface area contributed by atoms with Gasteiger partial charge in [0.15, 0.2) is 11.4 Å². The number of nitrogens with zero attached hydrogens (tertiary/aromatic N) is 3. The second-order valence-electron chi connectivity index (χ2n) is 6.32. The Hall–Kier alpha value is -3.31. The zero-order chi connectivity index (χ0) is 18.9. The molecular formula is C23H14BrN3O. The van der Waals surface area contributed by atoms with Crippen LogP contribution in [0.5, 0.6) is 11.5 Å². The third kappa shape index (κ3) is 3.10. The summed E-state index contributed by atoms with van der Waals surface area (Å²) in [7, 11) is 0. The number of halogens is 1. The molecule has 5 heteroatoms. The van der Waals surface area contributed by atoms with Crippen LogP contribution in [0.15, 0.2) is 89.7 Å². The summed E-state index contributed by atoms with van der Waals surface area (Å²) < 4.78 is 7.39. The van der Waals surface area contributed by atoms with E-state index in [0.717, 1.165) is 37.8 Å². The molecule has 3 heterocycles. The van der Waals surface area contributed by atoms with Crippen LogP contribution in [0.4, 0.5) is 0 Å². The van der Waals surface area contributed by atoms with Crippen LogP contribution in [0.2, 0.25) is 0 Å². The topological polar surface area (TPSA) is 47.9 Å². The van der Waals surface area contributed by atoms with Crippen LogP contribution >= 0.6 is 15.9 Å². The summed E-state index contributed by atoms with van der Waals surface area (Å²) in [6.45, 7) is 0. The highest BCUT2D eigenvalue weighted by Gasteiger charge is 2.14. The van der Waals surface area contributed by atoms with E-state index in [1.807, 2.05) is 72.8 Å². The molecule has 0 radical (unpaired) electrons.